The average molecular weight is 389 g/mol. The van der Waals surface area contributed by atoms with Gasteiger partial charge < -0.3 is 15.0 Å². The zero-order valence-electron chi connectivity index (χ0n) is 15.9. The zero-order valence-corrected chi connectivity index (χ0v) is 16.8. The summed E-state index contributed by atoms with van der Waals surface area (Å²) in [5, 5.41) is 3.32. The molecule has 150 valence electrons. The summed E-state index contributed by atoms with van der Waals surface area (Å²) in [4.78, 5) is 20.9. The van der Waals surface area contributed by atoms with E-state index in [9.17, 15) is 13.2 Å². The molecule has 0 aliphatic carbocycles. The third-order valence-corrected chi connectivity index (χ3v) is 6.47. The second-order valence-corrected chi connectivity index (χ2v) is 9.05. The molecule has 2 heterocycles. The van der Waals surface area contributed by atoms with Gasteiger partial charge in [-0.1, -0.05) is 0 Å². The summed E-state index contributed by atoms with van der Waals surface area (Å²) >= 11 is 0. The van der Waals surface area contributed by atoms with Crippen LogP contribution in [0.2, 0.25) is 0 Å². The van der Waals surface area contributed by atoms with Crippen LogP contribution in [0.4, 0.5) is 0 Å². The Bertz CT molecular complexity index is 572. The molecule has 26 heavy (non-hydrogen) atoms. The maximum atomic E-state index is 11.9. The van der Waals surface area contributed by atoms with E-state index in [-0.39, 0.29) is 23.4 Å². The minimum Gasteiger partial charge on any atom is -0.466 e. The molecule has 0 spiro atoms. The van der Waals surface area contributed by atoms with Gasteiger partial charge in [-0.15, -0.1) is 0 Å². The molecule has 0 radical (unpaired) electrons. The summed E-state index contributed by atoms with van der Waals surface area (Å²) in [6.07, 6.45) is 1.57. The van der Waals surface area contributed by atoms with Crippen molar-refractivity contribution in [3.63, 3.8) is 0 Å². The number of likely N-dealkylation sites (tertiary alicyclic amines) is 1. The van der Waals surface area contributed by atoms with Crippen LogP contribution in [0.15, 0.2) is 4.99 Å². The molecule has 0 bridgehead atoms. The van der Waals surface area contributed by atoms with E-state index in [2.05, 4.69) is 15.1 Å². The van der Waals surface area contributed by atoms with Crippen molar-refractivity contribution >= 4 is 21.8 Å². The van der Waals surface area contributed by atoms with Crippen LogP contribution in [0.25, 0.3) is 0 Å². The lowest BCUT2D eigenvalue weighted by Gasteiger charge is -2.33. The maximum Gasteiger partial charge on any atom is 0.309 e. The lowest BCUT2D eigenvalue weighted by molar-refractivity contribution is -0.149. The van der Waals surface area contributed by atoms with Crippen LogP contribution in [-0.4, -0.2) is 94.1 Å². The molecule has 2 aliphatic rings. The number of carbonyl (C=O) groups is 1. The zero-order chi connectivity index (χ0) is 19.0. The van der Waals surface area contributed by atoms with Crippen LogP contribution >= 0.6 is 0 Å². The molecule has 9 heteroatoms. The molecule has 2 aliphatic heterocycles. The van der Waals surface area contributed by atoms with Crippen LogP contribution in [0.3, 0.4) is 0 Å². The van der Waals surface area contributed by atoms with Crippen LogP contribution in [-0.2, 0) is 19.4 Å². The van der Waals surface area contributed by atoms with Crippen molar-refractivity contribution in [1.29, 1.82) is 0 Å². The lowest BCUT2D eigenvalue weighted by atomic mass is 9.97. The molecule has 2 saturated heterocycles. The number of hydrogen-bond donors (Lipinski definition) is 1. The van der Waals surface area contributed by atoms with E-state index in [1.807, 2.05) is 13.8 Å². The van der Waals surface area contributed by atoms with Gasteiger partial charge in [0.05, 0.1) is 30.6 Å². The Morgan fingerprint density at radius 2 is 1.81 bits per heavy atom. The fourth-order valence-corrected chi connectivity index (χ4v) is 4.56. The summed E-state index contributed by atoms with van der Waals surface area (Å²) in [6.45, 7) is 9.27. The van der Waals surface area contributed by atoms with Gasteiger partial charge in [0, 0.05) is 39.3 Å². The smallest absolute Gasteiger partial charge is 0.309 e. The molecule has 0 aromatic rings. The van der Waals surface area contributed by atoms with Gasteiger partial charge in [-0.25, -0.2) is 8.42 Å². The highest BCUT2D eigenvalue weighted by molar-refractivity contribution is 7.91. The molecule has 0 aromatic heterocycles. The highest BCUT2D eigenvalue weighted by atomic mass is 32.2. The predicted octanol–water partition coefficient (Wildman–Crippen LogP) is -0.0426. The summed E-state index contributed by atoms with van der Waals surface area (Å²) < 4.78 is 28.1. The van der Waals surface area contributed by atoms with Crippen LogP contribution in [0, 0.1) is 5.92 Å². The largest absolute Gasteiger partial charge is 0.466 e. The first kappa shape index (κ1) is 21.0. The van der Waals surface area contributed by atoms with E-state index in [0.717, 1.165) is 45.0 Å². The van der Waals surface area contributed by atoms with Crippen molar-refractivity contribution in [2.45, 2.75) is 26.7 Å². The second-order valence-electron chi connectivity index (χ2n) is 6.74. The highest BCUT2D eigenvalue weighted by Crippen LogP contribution is 2.18. The van der Waals surface area contributed by atoms with Crippen molar-refractivity contribution < 1.29 is 17.9 Å². The standard InChI is InChI=1S/C17H32N4O4S/c1-3-18-17(19-7-10-20-11-13-26(23,24)14-12-20)21-8-5-15(6-9-21)16(22)25-4-2/h15H,3-14H2,1-2H3,(H,18,19). The van der Waals surface area contributed by atoms with E-state index in [4.69, 9.17) is 9.73 Å². The Hall–Kier alpha value is -1.35. The van der Waals surface area contributed by atoms with Crippen LogP contribution in [0.1, 0.15) is 26.7 Å². The van der Waals surface area contributed by atoms with Crippen molar-refractivity contribution in [2.24, 2.45) is 10.9 Å². The van der Waals surface area contributed by atoms with Crippen molar-refractivity contribution in [3.05, 3.63) is 0 Å². The Morgan fingerprint density at radius 3 is 2.38 bits per heavy atom. The number of nitrogens with zero attached hydrogens (tertiary/aromatic N) is 3. The van der Waals surface area contributed by atoms with Crippen LogP contribution < -0.4 is 5.32 Å². The van der Waals surface area contributed by atoms with Crippen molar-refractivity contribution in [1.82, 2.24) is 15.1 Å². The number of hydrogen-bond acceptors (Lipinski definition) is 6. The minimum absolute atomic E-state index is 0.00984. The fraction of sp³-hybridized carbons (Fsp3) is 0.882. The number of guanidine groups is 1. The predicted molar refractivity (Wildman–Crippen MR) is 102 cm³/mol. The first-order chi connectivity index (χ1) is 12.4. The summed E-state index contributed by atoms with van der Waals surface area (Å²) in [6, 6.07) is 0. The Balaban J connectivity index is 1.80. The summed E-state index contributed by atoms with van der Waals surface area (Å²) in [5.74, 6) is 1.27. The highest BCUT2D eigenvalue weighted by Gasteiger charge is 2.27. The van der Waals surface area contributed by atoms with E-state index >= 15 is 0 Å². The summed E-state index contributed by atoms with van der Waals surface area (Å²) in [7, 11) is -2.84. The fourth-order valence-electron chi connectivity index (χ4n) is 3.28. The number of ether oxygens (including phenoxy) is 1. The van der Waals surface area contributed by atoms with E-state index in [1.54, 1.807) is 0 Å². The molecule has 1 N–H and O–H groups in total. The molecule has 2 rings (SSSR count). The van der Waals surface area contributed by atoms with Gasteiger partial charge >= 0.3 is 5.97 Å². The van der Waals surface area contributed by atoms with Gasteiger partial charge in [0.25, 0.3) is 0 Å². The molecule has 2 fully saturated rings. The monoisotopic (exact) mass is 388 g/mol. The first-order valence-electron chi connectivity index (χ1n) is 9.58. The molecule has 0 aromatic carbocycles. The number of rotatable bonds is 6. The van der Waals surface area contributed by atoms with Crippen molar-refractivity contribution in [2.75, 3.05) is 63.9 Å². The first-order valence-corrected chi connectivity index (χ1v) is 11.4. The van der Waals surface area contributed by atoms with Gasteiger partial charge in [-0.3, -0.25) is 14.7 Å². The Kier molecular flexibility index (Phi) is 8.15. The molecular weight excluding hydrogens is 356 g/mol. The topological polar surface area (TPSA) is 91.3 Å². The average Bonchev–Trinajstić information content (AvgIpc) is 2.63. The van der Waals surface area contributed by atoms with E-state index < -0.39 is 9.84 Å². The molecule has 0 unspecified atom stereocenters. The number of carbonyl (C=O) groups excluding carboxylic acids is 1. The number of nitrogens with one attached hydrogen (secondary N) is 1. The SMILES string of the molecule is CCNC(=NCCN1CCS(=O)(=O)CC1)N1CCC(C(=O)OCC)CC1. The summed E-state index contributed by atoms with van der Waals surface area (Å²) in [5.41, 5.74) is 0. The molecule has 0 atom stereocenters. The molecular formula is C17H32N4O4S. The Morgan fingerprint density at radius 1 is 1.15 bits per heavy atom. The van der Waals surface area contributed by atoms with Gasteiger partial charge in [-0.05, 0) is 26.7 Å². The number of sulfone groups is 1. The van der Waals surface area contributed by atoms with Gasteiger partial charge in [0.1, 0.15) is 0 Å². The normalized spacial score (nSPS) is 22.2. The van der Waals surface area contributed by atoms with Crippen LogP contribution in [0.5, 0.6) is 0 Å². The molecule has 0 saturated carbocycles. The number of esters is 1. The quantitative estimate of drug-likeness (QED) is 0.388. The Labute approximate surface area is 156 Å². The van der Waals surface area contributed by atoms with E-state index in [1.165, 1.54) is 0 Å². The maximum absolute atomic E-state index is 11.9. The lowest BCUT2D eigenvalue weighted by Crippen LogP contribution is -2.47. The number of aliphatic imine (C=N–C) groups is 1. The molecule has 8 nitrogen and oxygen atoms in total. The van der Waals surface area contributed by atoms with E-state index in [0.29, 0.717) is 26.2 Å². The molecule has 0 amide bonds. The van der Waals surface area contributed by atoms with Crippen molar-refractivity contribution in [3.8, 4) is 0 Å². The second kappa shape index (κ2) is 10.1. The van der Waals surface area contributed by atoms with Gasteiger partial charge in [0.15, 0.2) is 15.8 Å². The van der Waals surface area contributed by atoms with Gasteiger partial charge in [0.2, 0.25) is 0 Å². The number of piperidine rings is 1. The third-order valence-electron chi connectivity index (χ3n) is 4.86. The van der Waals surface area contributed by atoms with Gasteiger partial charge in [-0.2, -0.15) is 0 Å². The third kappa shape index (κ3) is 6.42. The minimum atomic E-state index is -2.84.